The van der Waals surface area contributed by atoms with Crippen LogP contribution in [0.3, 0.4) is 0 Å². The van der Waals surface area contributed by atoms with Gasteiger partial charge < -0.3 is 9.73 Å². The second kappa shape index (κ2) is 6.67. The van der Waals surface area contributed by atoms with Gasteiger partial charge in [-0.05, 0) is 18.2 Å². The maximum atomic E-state index is 11.9. The van der Waals surface area contributed by atoms with Crippen LogP contribution in [0.15, 0.2) is 59.2 Å². The highest BCUT2D eigenvalue weighted by atomic mass is 16.3. The number of fused-ring (bicyclic) bond motifs is 1. The summed E-state index contributed by atoms with van der Waals surface area (Å²) >= 11 is 0. The maximum absolute atomic E-state index is 11.9. The van der Waals surface area contributed by atoms with E-state index in [0.717, 1.165) is 11.0 Å². The second-order valence-electron chi connectivity index (χ2n) is 5.02. The van der Waals surface area contributed by atoms with E-state index in [0.29, 0.717) is 23.6 Å². The van der Waals surface area contributed by atoms with Gasteiger partial charge in [0.1, 0.15) is 22.9 Å². The quantitative estimate of drug-likeness (QED) is 0.429. The van der Waals surface area contributed by atoms with E-state index < -0.39 is 5.91 Å². The minimum Gasteiger partial charge on any atom is -0.454 e. The fraction of sp³-hybridized carbons (Fsp3) is 0.0556. The van der Waals surface area contributed by atoms with Crippen LogP contribution in [0.25, 0.3) is 28.5 Å². The minimum absolute atomic E-state index is 0.0180. The zero-order valence-electron chi connectivity index (χ0n) is 12.7. The number of furan rings is 1. The average molecular weight is 318 g/mol. The van der Waals surface area contributed by atoms with Crippen LogP contribution in [0.4, 0.5) is 0 Å². The number of aromatic nitrogens is 2. The van der Waals surface area contributed by atoms with Crippen molar-refractivity contribution in [2.75, 3.05) is 6.54 Å². The Morgan fingerprint density at radius 2 is 2.29 bits per heavy atom. The van der Waals surface area contributed by atoms with Gasteiger partial charge in [0.15, 0.2) is 5.76 Å². The van der Waals surface area contributed by atoms with Gasteiger partial charge in [-0.3, -0.25) is 9.89 Å². The fourth-order valence-electron chi connectivity index (χ4n) is 2.27. The number of nitriles is 1. The predicted molar refractivity (Wildman–Crippen MR) is 90.6 cm³/mol. The molecule has 0 saturated carbocycles. The predicted octanol–water partition coefficient (Wildman–Crippen LogP) is 3.03. The lowest BCUT2D eigenvalue weighted by molar-refractivity contribution is -0.116. The number of aromatic amines is 1. The third kappa shape index (κ3) is 2.96. The fourth-order valence-corrected chi connectivity index (χ4v) is 2.27. The summed E-state index contributed by atoms with van der Waals surface area (Å²) in [5, 5.41) is 19.6. The van der Waals surface area contributed by atoms with Crippen molar-refractivity contribution in [3.8, 4) is 17.5 Å². The van der Waals surface area contributed by atoms with Gasteiger partial charge in [0.25, 0.3) is 5.91 Å². The number of benzene rings is 1. The van der Waals surface area contributed by atoms with E-state index in [4.69, 9.17) is 4.42 Å². The van der Waals surface area contributed by atoms with Crippen molar-refractivity contribution in [3.05, 3.63) is 60.3 Å². The highest BCUT2D eigenvalue weighted by molar-refractivity contribution is 6.02. The number of hydrogen-bond donors (Lipinski definition) is 2. The summed E-state index contributed by atoms with van der Waals surface area (Å²) in [5.74, 6) is 0.123. The Labute approximate surface area is 138 Å². The van der Waals surface area contributed by atoms with Crippen molar-refractivity contribution in [1.29, 1.82) is 5.26 Å². The van der Waals surface area contributed by atoms with Gasteiger partial charge in [0.05, 0.1) is 6.20 Å². The molecule has 0 aliphatic rings. The third-order valence-electron chi connectivity index (χ3n) is 3.41. The van der Waals surface area contributed by atoms with E-state index in [1.807, 2.05) is 36.4 Å². The van der Waals surface area contributed by atoms with Crippen molar-refractivity contribution >= 4 is 23.0 Å². The number of rotatable bonds is 5. The first-order chi connectivity index (χ1) is 11.7. The molecule has 6 heteroatoms. The summed E-state index contributed by atoms with van der Waals surface area (Å²) in [4.78, 5) is 11.9. The van der Waals surface area contributed by atoms with E-state index >= 15 is 0 Å². The second-order valence-corrected chi connectivity index (χ2v) is 5.02. The molecule has 0 fully saturated rings. The molecule has 0 aliphatic carbocycles. The van der Waals surface area contributed by atoms with Crippen LogP contribution in [0.2, 0.25) is 0 Å². The number of amides is 1. The Balaban J connectivity index is 1.97. The van der Waals surface area contributed by atoms with Crippen LogP contribution in [0, 0.1) is 11.3 Å². The molecule has 0 radical (unpaired) electrons. The number of hydrogen-bond acceptors (Lipinski definition) is 4. The monoisotopic (exact) mass is 318 g/mol. The van der Waals surface area contributed by atoms with Crippen molar-refractivity contribution in [2.24, 2.45) is 0 Å². The van der Waals surface area contributed by atoms with E-state index in [2.05, 4.69) is 22.1 Å². The molecule has 0 unspecified atom stereocenters. The van der Waals surface area contributed by atoms with E-state index in [1.54, 1.807) is 12.3 Å². The normalized spacial score (nSPS) is 11.2. The lowest BCUT2D eigenvalue weighted by Crippen LogP contribution is -2.24. The third-order valence-corrected chi connectivity index (χ3v) is 3.41. The standard InChI is InChI=1S/C18H14N4O2/c1-2-7-20-18(23)13(10-19)8-14-11-21-22-17(14)16-9-12-5-3-4-6-15(12)24-16/h2-6,8-9,11H,1,7H2,(H,20,23)(H,21,22). The molecule has 0 aliphatic heterocycles. The molecular formula is C18H14N4O2. The van der Waals surface area contributed by atoms with Crippen LogP contribution in [0.1, 0.15) is 5.56 Å². The summed E-state index contributed by atoms with van der Waals surface area (Å²) in [6, 6.07) is 11.4. The summed E-state index contributed by atoms with van der Waals surface area (Å²) < 4.78 is 5.80. The van der Waals surface area contributed by atoms with Crippen molar-refractivity contribution < 1.29 is 9.21 Å². The Bertz CT molecular complexity index is 939. The van der Waals surface area contributed by atoms with Gasteiger partial charge in [-0.1, -0.05) is 24.3 Å². The Morgan fingerprint density at radius 1 is 1.46 bits per heavy atom. The first-order valence-corrected chi connectivity index (χ1v) is 7.26. The highest BCUT2D eigenvalue weighted by Crippen LogP contribution is 2.29. The van der Waals surface area contributed by atoms with Gasteiger partial charge in [-0.2, -0.15) is 10.4 Å². The Hall–Kier alpha value is -3.59. The molecule has 2 heterocycles. The largest absolute Gasteiger partial charge is 0.454 e. The lowest BCUT2D eigenvalue weighted by Gasteiger charge is -2.00. The molecule has 0 atom stereocenters. The van der Waals surface area contributed by atoms with Crippen molar-refractivity contribution in [3.63, 3.8) is 0 Å². The molecule has 24 heavy (non-hydrogen) atoms. The molecule has 118 valence electrons. The van der Waals surface area contributed by atoms with Gasteiger partial charge >= 0.3 is 0 Å². The molecule has 0 spiro atoms. The summed E-state index contributed by atoms with van der Waals surface area (Å²) in [5.41, 5.74) is 1.94. The molecule has 1 amide bonds. The molecule has 3 aromatic rings. The molecule has 2 aromatic heterocycles. The first-order valence-electron chi connectivity index (χ1n) is 7.26. The molecule has 3 rings (SSSR count). The van der Waals surface area contributed by atoms with Crippen LogP contribution < -0.4 is 5.32 Å². The number of carbonyl (C=O) groups excluding carboxylic acids is 1. The molecule has 1 aromatic carbocycles. The smallest absolute Gasteiger partial charge is 0.262 e. The maximum Gasteiger partial charge on any atom is 0.262 e. The van der Waals surface area contributed by atoms with Gasteiger partial charge in [0, 0.05) is 17.5 Å². The minimum atomic E-state index is -0.464. The average Bonchev–Trinajstić information content (AvgIpc) is 3.23. The van der Waals surface area contributed by atoms with Crippen molar-refractivity contribution in [1.82, 2.24) is 15.5 Å². The van der Waals surface area contributed by atoms with E-state index in [1.165, 1.54) is 6.08 Å². The molecule has 0 bridgehead atoms. The summed E-state index contributed by atoms with van der Waals surface area (Å²) in [6.45, 7) is 3.81. The zero-order chi connectivity index (χ0) is 16.9. The molecule has 6 nitrogen and oxygen atoms in total. The number of nitrogens with one attached hydrogen (secondary N) is 2. The van der Waals surface area contributed by atoms with Crippen LogP contribution in [0.5, 0.6) is 0 Å². The molecule has 2 N–H and O–H groups in total. The SMILES string of the molecule is C=CCNC(=O)C(C#N)=Cc1cn[nH]c1-c1cc2ccccc2o1. The lowest BCUT2D eigenvalue weighted by atomic mass is 10.1. The number of nitrogens with zero attached hydrogens (tertiary/aromatic N) is 2. The number of H-pyrrole nitrogens is 1. The number of carbonyl (C=O) groups is 1. The summed E-state index contributed by atoms with van der Waals surface area (Å²) in [7, 11) is 0. The zero-order valence-corrected chi connectivity index (χ0v) is 12.7. The number of para-hydroxylation sites is 1. The topological polar surface area (TPSA) is 94.7 Å². The van der Waals surface area contributed by atoms with Crippen LogP contribution in [-0.4, -0.2) is 22.6 Å². The first kappa shape index (κ1) is 15.3. The van der Waals surface area contributed by atoms with Gasteiger partial charge in [0.2, 0.25) is 0 Å². The van der Waals surface area contributed by atoms with Gasteiger partial charge in [-0.15, -0.1) is 6.58 Å². The summed E-state index contributed by atoms with van der Waals surface area (Å²) in [6.07, 6.45) is 4.57. The molecule has 0 saturated heterocycles. The van der Waals surface area contributed by atoms with Gasteiger partial charge in [-0.25, -0.2) is 0 Å². The van der Waals surface area contributed by atoms with E-state index in [-0.39, 0.29) is 5.57 Å². The van der Waals surface area contributed by atoms with Crippen molar-refractivity contribution in [2.45, 2.75) is 0 Å². The Morgan fingerprint density at radius 3 is 3.04 bits per heavy atom. The van der Waals surface area contributed by atoms with Crippen LogP contribution in [-0.2, 0) is 4.79 Å². The Kier molecular flexibility index (Phi) is 4.25. The molecular weight excluding hydrogens is 304 g/mol. The highest BCUT2D eigenvalue weighted by Gasteiger charge is 2.14. The van der Waals surface area contributed by atoms with E-state index in [9.17, 15) is 10.1 Å². The van der Waals surface area contributed by atoms with Crippen LogP contribution >= 0.6 is 0 Å².